The van der Waals surface area contributed by atoms with Crippen LogP contribution in [-0.2, 0) is 6.42 Å². The molecular formula is C14H15ClN2O2. The molecule has 1 aromatic heterocycles. The molecule has 2 aromatic rings. The van der Waals surface area contributed by atoms with Crippen LogP contribution in [0.1, 0.15) is 22.9 Å². The molecule has 100 valence electrons. The zero-order chi connectivity index (χ0) is 13.8. The van der Waals surface area contributed by atoms with Crippen LogP contribution in [0.2, 0.25) is 5.02 Å². The molecule has 0 bridgehead atoms. The molecule has 19 heavy (non-hydrogen) atoms. The van der Waals surface area contributed by atoms with E-state index in [0.717, 1.165) is 11.1 Å². The summed E-state index contributed by atoms with van der Waals surface area (Å²) in [6.45, 7) is 1.97. The number of ether oxygens (including phenoxy) is 1. The van der Waals surface area contributed by atoms with Crippen molar-refractivity contribution in [1.29, 1.82) is 0 Å². The number of nitrogens with zero attached hydrogens (tertiary/aromatic N) is 2. The van der Waals surface area contributed by atoms with Crippen molar-refractivity contribution >= 4 is 11.6 Å². The zero-order valence-electron chi connectivity index (χ0n) is 10.8. The van der Waals surface area contributed by atoms with Gasteiger partial charge in [0, 0.05) is 17.5 Å². The van der Waals surface area contributed by atoms with Gasteiger partial charge in [-0.3, -0.25) is 0 Å². The number of rotatable bonds is 4. The molecule has 0 saturated heterocycles. The highest BCUT2D eigenvalue weighted by atomic mass is 35.5. The third-order valence-electron chi connectivity index (χ3n) is 2.84. The van der Waals surface area contributed by atoms with Crippen LogP contribution < -0.4 is 4.74 Å². The van der Waals surface area contributed by atoms with Gasteiger partial charge in [-0.2, -0.15) is 0 Å². The fourth-order valence-electron chi connectivity index (χ4n) is 1.78. The maximum Gasteiger partial charge on any atom is 0.216 e. The van der Waals surface area contributed by atoms with E-state index in [1.54, 1.807) is 6.07 Å². The smallest absolute Gasteiger partial charge is 0.216 e. The molecule has 0 spiro atoms. The number of methoxy groups -OCH3 is 1. The molecule has 0 amide bonds. The topological polar surface area (TPSA) is 55.2 Å². The minimum atomic E-state index is -0.739. The van der Waals surface area contributed by atoms with Crippen molar-refractivity contribution < 1.29 is 9.84 Å². The van der Waals surface area contributed by atoms with Crippen LogP contribution >= 0.6 is 11.6 Å². The highest BCUT2D eigenvalue weighted by Crippen LogP contribution is 2.24. The van der Waals surface area contributed by atoms with E-state index in [1.165, 1.54) is 13.4 Å². The van der Waals surface area contributed by atoms with E-state index >= 15 is 0 Å². The summed E-state index contributed by atoms with van der Waals surface area (Å²) in [6.07, 6.45) is 1.03. The predicted molar refractivity (Wildman–Crippen MR) is 73.4 cm³/mol. The average Bonchev–Trinajstić information content (AvgIpc) is 2.42. The van der Waals surface area contributed by atoms with Crippen LogP contribution in [0.4, 0.5) is 0 Å². The van der Waals surface area contributed by atoms with Crippen LogP contribution in [0.25, 0.3) is 0 Å². The molecular weight excluding hydrogens is 264 g/mol. The van der Waals surface area contributed by atoms with Crippen LogP contribution in [0.15, 0.2) is 30.6 Å². The van der Waals surface area contributed by atoms with Crippen molar-refractivity contribution in [1.82, 2.24) is 9.97 Å². The van der Waals surface area contributed by atoms with E-state index in [-0.39, 0.29) is 0 Å². The van der Waals surface area contributed by atoms with Crippen LogP contribution in [0.3, 0.4) is 0 Å². The van der Waals surface area contributed by atoms with E-state index in [0.29, 0.717) is 23.0 Å². The number of aryl methyl sites for hydroxylation is 1. The maximum absolute atomic E-state index is 10.2. The molecule has 1 heterocycles. The van der Waals surface area contributed by atoms with Crippen LogP contribution in [-0.4, -0.2) is 22.2 Å². The third kappa shape index (κ3) is 3.43. The summed E-state index contributed by atoms with van der Waals surface area (Å²) in [5, 5.41) is 10.8. The lowest BCUT2D eigenvalue weighted by Gasteiger charge is -2.12. The lowest BCUT2D eigenvalue weighted by atomic mass is 10.0. The first-order valence-electron chi connectivity index (χ1n) is 5.89. The molecule has 0 aliphatic rings. The fourth-order valence-corrected chi connectivity index (χ4v) is 2.09. The van der Waals surface area contributed by atoms with Gasteiger partial charge in [0.25, 0.3) is 0 Å². The van der Waals surface area contributed by atoms with Crippen LogP contribution in [0, 0.1) is 6.92 Å². The molecule has 1 atom stereocenters. The minimum absolute atomic E-state index is 0.402. The van der Waals surface area contributed by atoms with Gasteiger partial charge in [0.05, 0.1) is 12.8 Å². The van der Waals surface area contributed by atoms with Crippen molar-refractivity contribution in [3.8, 4) is 5.88 Å². The molecule has 5 heteroatoms. The number of hydrogen-bond acceptors (Lipinski definition) is 4. The summed E-state index contributed by atoms with van der Waals surface area (Å²) < 4.78 is 5.01. The molecule has 0 saturated carbocycles. The Morgan fingerprint density at radius 2 is 2.11 bits per heavy atom. The van der Waals surface area contributed by atoms with Gasteiger partial charge in [-0.05, 0) is 24.1 Å². The number of benzene rings is 1. The highest BCUT2D eigenvalue weighted by Gasteiger charge is 2.13. The lowest BCUT2D eigenvalue weighted by molar-refractivity contribution is 0.173. The fraction of sp³-hybridized carbons (Fsp3) is 0.286. The normalized spacial score (nSPS) is 12.2. The maximum atomic E-state index is 10.2. The number of aromatic nitrogens is 2. The summed E-state index contributed by atoms with van der Waals surface area (Å²) in [5.74, 6) is 0.430. The van der Waals surface area contributed by atoms with Gasteiger partial charge < -0.3 is 9.84 Å². The number of halogens is 1. The van der Waals surface area contributed by atoms with Gasteiger partial charge in [0.2, 0.25) is 5.88 Å². The van der Waals surface area contributed by atoms with E-state index in [4.69, 9.17) is 16.3 Å². The Balaban J connectivity index is 2.17. The van der Waals surface area contributed by atoms with E-state index in [1.807, 2.05) is 25.1 Å². The Bertz CT molecular complexity index is 575. The summed E-state index contributed by atoms with van der Waals surface area (Å²) >= 11 is 6.15. The van der Waals surface area contributed by atoms with E-state index in [2.05, 4.69) is 9.97 Å². The van der Waals surface area contributed by atoms with Gasteiger partial charge in [0.15, 0.2) is 0 Å². The first kappa shape index (κ1) is 13.8. The molecule has 0 fully saturated rings. The summed E-state index contributed by atoms with van der Waals surface area (Å²) in [6, 6.07) is 7.38. The quantitative estimate of drug-likeness (QED) is 0.934. The van der Waals surface area contributed by atoms with Crippen molar-refractivity contribution in [3.63, 3.8) is 0 Å². The van der Waals surface area contributed by atoms with Crippen molar-refractivity contribution in [2.24, 2.45) is 0 Å². The van der Waals surface area contributed by atoms with E-state index < -0.39 is 6.10 Å². The second-order valence-electron chi connectivity index (χ2n) is 4.30. The molecule has 0 aliphatic heterocycles. The summed E-state index contributed by atoms with van der Waals surface area (Å²) in [4.78, 5) is 7.95. The average molecular weight is 279 g/mol. The first-order valence-corrected chi connectivity index (χ1v) is 6.27. The molecule has 2 rings (SSSR count). The summed E-state index contributed by atoms with van der Waals surface area (Å²) in [5.41, 5.74) is 2.49. The minimum Gasteiger partial charge on any atom is -0.481 e. The number of hydrogen-bond donors (Lipinski definition) is 1. The Morgan fingerprint density at radius 1 is 1.32 bits per heavy atom. The number of aliphatic hydroxyl groups is 1. The molecule has 0 aliphatic carbocycles. The largest absolute Gasteiger partial charge is 0.481 e. The van der Waals surface area contributed by atoms with Gasteiger partial charge >= 0.3 is 0 Å². The zero-order valence-corrected chi connectivity index (χ0v) is 11.6. The van der Waals surface area contributed by atoms with Gasteiger partial charge in [-0.1, -0.05) is 23.7 Å². The molecule has 1 aromatic carbocycles. The predicted octanol–water partition coefficient (Wildman–Crippen LogP) is 2.72. The summed E-state index contributed by atoms with van der Waals surface area (Å²) in [7, 11) is 1.52. The van der Waals surface area contributed by atoms with Gasteiger partial charge in [-0.15, -0.1) is 0 Å². The van der Waals surface area contributed by atoms with Crippen molar-refractivity contribution in [2.75, 3.05) is 7.11 Å². The molecule has 1 unspecified atom stereocenters. The van der Waals surface area contributed by atoms with Crippen LogP contribution in [0.5, 0.6) is 5.88 Å². The number of aliphatic hydroxyl groups excluding tert-OH is 1. The SMILES string of the molecule is COc1cc(C(O)Cc2ccc(C)cc2Cl)ncn1. The Labute approximate surface area is 117 Å². The Hall–Kier alpha value is -1.65. The highest BCUT2D eigenvalue weighted by molar-refractivity contribution is 6.31. The van der Waals surface area contributed by atoms with E-state index in [9.17, 15) is 5.11 Å². The second-order valence-corrected chi connectivity index (χ2v) is 4.71. The first-order chi connectivity index (χ1) is 9.10. The lowest BCUT2D eigenvalue weighted by Crippen LogP contribution is -2.05. The second kappa shape index (κ2) is 5.99. The molecule has 0 radical (unpaired) electrons. The Morgan fingerprint density at radius 3 is 2.79 bits per heavy atom. The molecule has 4 nitrogen and oxygen atoms in total. The van der Waals surface area contributed by atoms with Gasteiger partial charge in [-0.25, -0.2) is 9.97 Å². The standard InChI is InChI=1S/C14H15ClN2O2/c1-9-3-4-10(11(15)5-9)6-13(18)12-7-14(19-2)17-8-16-12/h3-5,7-8,13,18H,6H2,1-2H3. The van der Waals surface area contributed by atoms with Gasteiger partial charge in [0.1, 0.15) is 12.4 Å². The Kier molecular flexibility index (Phi) is 4.35. The monoisotopic (exact) mass is 278 g/mol. The van der Waals surface area contributed by atoms with Crippen molar-refractivity contribution in [2.45, 2.75) is 19.4 Å². The third-order valence-corrected chi connectivity index (χ3v) is 3.19. The van der Waals surface area contributed by atoms with Crippen molar-refractivity contribution in [3.05, 3.63) is 52.4 Å². The molecule has 1 N–H and O–H groups in total.